The van der Waals surface area contributed by atoms with E-state index in [-0.39, 0.29) is 12.3 Å². The summed E-state index contributed by atoms with van der Waals surface area (Å²) in [6.07, 6.45) is -0.204. The summed E-state index contributed by atoms with van der Waals surface area (Å²) in [5, 5.41) is 6.02. The summed E-state index contributed by atoms with van der Waals surface area (Å²) in [6.45, 7) is 1.93. The summed E-state index contributed by atoms with van der Waals surface area (Å²) >= 11 is 5.97. The van der Waals surface area contributed by atoms with Crippen molar-refractivity contribution in [3.05, 3.63) is 88.9 Å². The van der Waals surface area contributed by atoms with Crippen molar-refractivity contribution >= 4 is 46.4 Å². The molecule has 1 aliphatic rings. The van der Waals surface area contributed by atoms with Crippen LogP contribution in [0.15, 0.2) is 72.8 Å². The Morgan fingerprint density at radius 1 is 1.03 bits per heavy atom. The first kappa shape index (κ1) is 20.6. The van der Waals surface area contributed by atoms with Crippen LogP contribution in [0.25, 0.3) is 0 Å². The van der Waals surface area contributed by atoms with Gasteiger partial charge in [0.15, 0.2) is 0 Å². The van der Waals surface area contributed by atoms with Crippen LogP contribution in [-0.2, 0) is 9.59 Å². The van der Waals surface area contributed by atoms with Gasteiger partial charge in [-0.1, -0.05) is 47.5 Å². The van der Waals surface area contributed by atoms with E-state index in [1.54, 1.807) is 60.7 Å². The Morgan fingerprint density at radius 2 is 1.77 bits per heavy atom. The van der Waals surface area contributed by atoms with E-state index in [2.05, 4.69) is 10.6 Å². The molecule has 4 rings (SSSR count). The van der Waals surface area contributed by atoms with Crippen LogP contribution < -0.4 is 15.5 Å². The normalized spacial score (nSPS) is 15.1. The first-order valence-corrected chi connectivity index (χ1v) is 10.2. The molecule has 0 aliphatic carbocycles. The molecule has 0 unspecified atom stereocenters. The molecular formula is C24H20ClN3O3. The Morgan fingerprint density at radius 3 is 2.52 bits per heavy atom. The fourth-order valence-electron chi connectivity index (χ4n) is 3.51. The van der Waals surface area contributed by atoms with Crippen molar-refractivity contribution in [2.45, 2.75) is 19.4 Å². The molecule has 0 fully saturated rings. The average Bonchev–Trinajstić information content (AvgIpc) is 2.74. The Balaban J connectivity index is 1.65. The minimum atomic E-state index is -0.997. The summed E-state index contributed by atoms with van der Waals surface area (Å²) in [4.78, 5) is 40.4. The molecule has 1 aliphatic heterocycles. The fourth-order valence-corrected chi connectivity index (χ4v) is 3.70. The lowest BCUT2D eigenvalue weighted by atomic mass is 10.0. The number of hydrogen-bond donors (Lipinski definition) is 2. The molecule has 3 aromatic rings. The van der Waals surface area contributed by atoms with Crippen molar-refractivity contribution in [3.63, 3.8) is 0 Å². The van der Waals surface area contributed by atoms with Gasteiger partial charge in [-0.15, -0.1) is 0 Å². The van der Waals surface area contributed by atoms with Crippen LogP contribution in [0.3, 0.4) is 0 Å². The van der Waals surface area contributed by atoms with E-state index in [4.69, 9.17) is 11.6 Å². The summed E-state index contributed by atoms with van der Waals surface area (Å²) in [5.41, 5.74) is 3.05. The second kappa shape index (κ2) is 8.62. The van der Waals surface area contributed by atoms with Crippen LogP contribution in [-0.4, -0.2) is 23.8 Å². The molecule has 1 atom stereocenters. The number of carbonyl (C=O) groups is 3. The standard InChI is InChI=1S/C24H20ClN3O3/c1-15-9-11-16(12-10-15)24(31)28-20-8-3-2-7-19(20)27-23(30)21(28)14-22(29)26-18-6-4-5-17(25)13-18/h2-13,21H,14H2,1H3,(H,26,29)(H,27,30)/t21-/m0/s1. The third-order valence-corrected chi connectivity index (χ3v) is 5.28. The molecule has 0 bridgehead atoms. The molecular weight excluding hydrogens is 414 g/mol. The number of para-hydroxylation sites is 2. The van der Waals surface area contributed by atoms with Gasteiger partial charge in [0, 0.05) is 16.3 Å². The molecule has 0 saturated heterocycles. The number of anilines is 3. The Kier molecular flexibility index (Phi) is 5.73. The van der Waals surface area contributed by atoms with E-state index in [1.165, 1.54) is 4.90 Å². The first-order valence-electron chi connectivity index (χ1n) is 9.78. The SMILES string of the molecule is Cc1ccc(C(=O)N2c3ccccc3NC(=O)[C@@H]2CC(=O)Nc2cccc(Cl)c2)cc1. The molecule has 0 radical (unpaired) electrons. The van der Waals surface area contributed by atoms with Gasteiger partial charge in [-0.2, -0.15) is 0 Å². The zero-order valence-corrected chi connectivity index (χ0v) is 17.5. The van der Waals surface area contributed by atoms with Crippen LogP contribution in [0.1, 0.15) is 22.3 Å². The van der Waals surface area contributed by atoms with Gasteiger partial charge in [-0.25, -0.2) is 0 Å². The van der Waals surface area contributed by atoms with Crippen molar-refractivity contribution in [2.75, 3.05) is 15.5 Å². The highest BCUT2D eigenvalue weighted by Crippen LogP contribution is 2.34. The molecule has 3 amide bonds. The van der Waals surface area contributed by atoms with Crippen molar-refractivity contribution in [2.24, 2.45) is 0 Å². The van der Waals surface area contributed by atoms with Gasteiger partial charge in [0.05, 0.1) is 17.8 Å². The van der Waals surface area contributed by atoms with E-state index >= 15 is 0 Å². The van der Waals surface area contributed by atoms with E-state index in [0.29, 0.717) is 27.6 Å². The van der Waals surface area contributed by atoms with Crippen LogP contribution in [0, 0.1) is 6.92 Å². The third-order valence-electron chi connectivity index (χ3n) is 5.04. The second-order valence-electron chi connectivity index (χ2n) is 7.33. The number of carbonyl (C=O) groups excluding carboxylic acids is 3. The highest BCUT2D eigenvalue weighted by Gasteiger charge is 2.38. The number of fused-ring (bicyclic) bond motifs is 1. The lowest BCUT2D eigenvalue weighted by Crippen LogP contribution is -2.52. The smallest absolute Gasteiger partial charge is 0.259 e. The summed E-state index contributed by atoms with van der Waals surface area (Å²) in [5.74, 6) is -1.16. The zero-order chi connectivity index (χ0) is 22.0. The van der Waals surface area contributed by atoms with Crippen molar-refractivity contribution < 1.29 is 14.4 Å². The Labute approximate surface area is 184 Å². The maximum Gasteiger partial charge on any atom is 0.259 e. The molecule has 156 valence electrons. The van der Waals surface area contributed by atoms with E-state index in [1.807, 2.05) is 19.1 Å². The summed E-state index contributed by atoms with van der Waals surface area (Å²) < 4.78 is 0. The number of aryl methyl sites for hydroxylation is 1. The topological polar surface area (TPSA) is 78.5 Å². The minimum absolute atomic E-state index is 0.204. The molecule has 0 spiro atoms. The van der Waals surface area contributed by atoms with Gasteiger partial charge >= 0.3 is 0 Å². The van der Waals surface area contributed by atoms with E-state index in [9.17, 15) is 14.4 Å². The minimum Gasteiger partial charge on any atom is -0.326 e. The Hall–Kier alpha value is -3.64. The highest BCUT2D eigenvalue weighted by molar-refractivity contribution is 6.31. The average molecular weight is 434 g/mol. The van der Waals surface area contributed by atoms with E-state index in [0.717, 1.165) is 5.56 Å². The first-order chi connectivity index (χ1) is 14.9. The molecule has 0 saturated carbocycles. The maximum absolute atomic E-state index is 13.4. The summed E-state index contributed by atoms with van der Waals surface area (Å²) in [6, 6.07) is 19.9. The number of halogens is 1. The van der Waals surface area contributed by atoms with Gasteiger partial charge < -0.3 is 10.6 Å². The number of amides is 3. The lowest BCUT2D eigenvalue weighted by Gasteiger charge is -2.36. The predicted molar refractivity (Wildman–Crippen MR) is 122 cm³/mol. The number of rotatable bonds is 4. The number of nitrogens with one attached hydrogen (secondary N) is 2. The number of nitrogens with zero attached hydrogens (tertiary/aromatic N) is 1. The lowest BCUT2D eigenvalue weighted by molar-refractivity contribution is -0.122. The quantitative estimate of drug-likeness (QED) is 0.628. The summed E-state index contributed by atoms with van der Waals surface area (Å²) in [7, 11) is 0. The third kappa shape index (κ3) is 4.44. The van der Waals surface area contributed by atoms with Crippen molar-refractivity contribution in [1.29, 1.82) is 0 Å². The number of benzene rings is 3. The van der Waals surface area contributed by atoms with Crippen molar-refractivity contribution in [3.8, 4) is 0 Å². The largest absolute Gasteiger partial charge is 0.326 e. The van der Waals surface area contributed by atoms with Gasteiger partial charge in [-0.3, -0.25) is 19.3 Å². The zero-order valence-electron chi connectivity index (χ0n) is 16.8. The molecule has 2 N–H and O–H groups in total. The van der Waals surface area contributed by atoms with Gasteiger partial charge in [0.1, 0.15) is 6.04 Å². The van der Waals surface area contributed by atoms with Gasteiger partial charge in [0.2, 0.25) is 11.8 Å². The van der Waals surface area contributed by atoms with Crippen LogP contribution >= 0.6 is 11.6 Å². The van der Waals surface area contributed by atoms with Crippen LogP contribution in [0.5, 0.6) is 0 Å². The Bertz CT molecular complexity index is 1160. The number of hydrogen-bond acceptors (Lipinski definition) is 3. The fraction of sp³-hybridized carbons (Fsp3) is 0.125. The monoisotopic (exact) mass is 433 g/mol. The molecule has 3 aromatic carbocycles. The molecule has 6 nitrogen and oxygen atoms in total. The maximum atomic E-state index is 13.4. The molecule has 1 heterocycles. The molecule has 0 aromatic heterocycles. The van der Waals surface area contributed by atoms with E-state index < -0.39 is 17.9 Å². The van der Waals surface area contributed by atoms with Gasteiger partial charge in [0.25, 0.3) is 5.91 Å². The second-order valence-corrected chi connectivity index (χ2v) is 7.76. The predicted octanol–water partition coefficient (Wildman–Crippen LogP) is 4.64. The molecule has 31 heavy (non-hydrogen) atoms. The highest BCUT2D eigenvalue weighted by atomic mass is 35.5. The molecule has 7 heteroatoms. The van der Waals surface area contributed by atoms with Crippen LogP contribution in [0.4, 0.5) is 17.1 Å². The van der Waals surface area contributed by atoms with Crippen LogP contribution in [0.2, 0.25) is 5.02 Å². The van der Waals surface area contributed by atoms with Gasteiger partial charge in [-0.05, 0) is 49.4 Å². The van der Waals surface area contributed by atoms with Crippen molar-refractivity contribution in [1.82, 2.24) is 0 Å².